The lowest BCUT2D eigenvalue weighted by Crippen LogP contribution is -2.47. The predicted molar refractivity (Wildman–Crippen MR) is 206 cm³/mol. The monoisotopic (exact) mass is 802 g/mol. The summed E-state index contributed by atoms with van der Waals surface area (Å²) in [6.45, 7) is 0. The Balaban J connectivity index is 0.000000129. The van der Waals surface area contributed by atoms with Crippen LogP contribution in [0.25, 0.3) is 22.3 Å². The molecule has 1 atom stereocenters. The number of H-pyrrole nitrogens is 3. The van der Waals surface area contributed by atoms with Crippen molar-refractivity contribution in [2.45, 2.75) is 51.0 Å². The van der Waals surface area contributed by atoms with E-state index >= 15 is 0 Å². The molecule has 10 rings (SSSR count). The number of carbonyl (C=O) groups excluding carboxylic acids is 8. The number of hydrogen-bond acceptors (Lipinski definition) is 16. The second kappa shape index (κ2) is 17.8. The Kier molecular flexibility index (Phi) is 12.2. The largest absolute Gasteiger partial charge is 0.382 e. The average molecular weight is 803 g/mol. The summed E-state index contributed by atoms with van der Waals surface area (Å²) in [6, 6.07) is 12.5. The molecule has 4 amide bonds. The maximum Gasteiger partial charge on any atom is 0.278 e. The number of aromatic amines is 3. The molecule has 21 nitrogen and oxygen atoms in total. The molecule has 2 fully saturated rings. The van der Waals surface area contributed by atoms with E-state index in [1.165, 1.54) is 19.0 Å². The summed E-state index contributed by atoms with van der Waals surface area (Å²) in [5.41, 5.74) is 14.0. The van der Waals surface area contributed by atoms with E-state index in [1.807, 2.05) is 0 Å². The van der Waals surface area contributed by atoms with Gasteiger partial charge in [-0.1, -0.05) is 24.3 Å². The van der Waals surface area contributed by atoms with Gasteiger partial charge in [0.1, 0.15) is 29.2 Å². The molecule has 4 aromatic heterocycles. The molecule has 0 radical (unpaired) electrons. The zero-order valence-electron chi connectivity index (χ0n) is 30.9. The normalized spacial score (nSPS) is 16.7. The fourth-order valence-electron chi connectivity index (χ4n) is 6.26. The first-order chi connectivity index (χ1) is 28.3. The topological polar surface area (TPSA) is 333 Å². The molecule has 6 aromatic rings. The van der Waals surface area contributed by atoms with Crippen molar-refractivity contribution in [3.63, 3.8) is 0 Å². The van der Waals surface area contributed by atoms with Crippen molar-refractivity contribution < 1.29 is 38.4 Å². The van der Waals surface area contributed by atoms with Crippen molar-refractivity contribution in [1.29, 1.82) is 0 Å². The van der Waals surface area contributed by atoms with E-state index in [-0.39, 0.29) is 72.1 Å². The molecule has 1 unspecified atom stereocenters. The summed E-state index contributed by atoms with van der Waals surface area (Å²) in [7, 11) is 0. The van der Waals surface area contributed by atoms with E-state index in [9.17, 15) is 43.2 Å². The number of anilines is 2. The Hall–Kier alpha value is -8.10. The van der Waals surface area contributed by atoms with Crippen molar-refractivity contribution in [3.05, 3.63) is 100 Å². The summed E-state index contributed by atoms with van der Waals surface area (Å²) >= 11 is 0. The first-order valence-electron chi connectivity index (χ1n) is 17.9. The number of nitrogen functional groups attached to an aromatic ring is 2. The van der Waals surface area contributed by atoms with Gasteiger partial charge in [0.2, 0.25) is 5.95 Å². The number of Topliss-reactive ketones (excluding diaryl/α,β-unsaturated/α-hetero) is 4. The van der Waals surface area contributed by atoms with Crippen LogP contribution in [0.15, 0.2) is 72.3 Å². The van der Waals surface area contributed by atoms with Crippen molar-refractivity contribution in [1.82, 2.24) is 50.1 Å². The van der Waals surface area contributed by atoms with Crippen molar-refractivity contribution >= 4 is 80.9 Å². The number of nitrogens with zero attached hydrogens (tertiary/aromatic N) is 6. The number of fused-ring (bicyclic) bond motifs is 4. The summed E-state index contributed by atoms with van der Waals surface area (Å²) in [4.78, 5) is 129. The van der Waals surface area contributed by atoms with E-state index in [0.29, 0.717) is 63.2 Å². The predicted octanol–water partition coefficient (Wildman–Crippen LogP) is 1.41. The second-order valence-electron chi connectivity index (χ2n) is 13.1. The molecule has 59 heavy (non-hydrogen) atoms. The van der Waals surface area contributed by atoms with Crippen molar-refractivity contribution in [2.24, 2.45) is 0 Å². The minimum Gasteiger partial charge on any atom is -0.382 e. The smallest absolute Gasteiger partial charge is 0.278 e. The van der Waals surface area contributed by atoms with Gasteiger partial charge in [0, 0.05) is 19.3 Å². The van der Waals surface area contributed by atoms with Crippen LogP contribution in [0.3, 0.4) is 0 Å². The third-order valence-electron chi connectivity index (χ3n) is 9.09. The van der Waals surface area contributed by atoms with Crippen LogP contribution in [0, 0.1) is 0 Å². The van der Waals surface area contributed by atoms with Gasteiger partial charge in [-0.05, 0) is 37.1 Å². The van der Waals surface area contributed by atoms with Crippen LogP contribution in [-0.2, 0) is 19.2 Å². The number of imide groups is 2. The number of imidazole rings is 2. The molecule has 6 heterocycles. The van der Waals surface area contributed by atoms with Crippen LogP contribution >= 0.6 is 0 Å². The highest BCUT2D eigenvalue weighted by molar-refractivity contribution is 6.24. The number of aromatic nitrogens is 8. The zero-order chi connectivity index (χ0) is 42.2. The van der Waals surface area contributed by atoms with Gasteiger partial charge in [-0.3, -0.25) is 58.4 Å². The number of carbonyl (C=O) groups is 8. The average Bonchev–Trinajstić information content (AvgIpc) is 4.00. The number of ketones is 4. The van der Waals surface area contributed by atoms with Crippen LogP contribution in [0.5, 0.6) is 0 Å². The third-order valence-corrected chi connectivity index (χ3v) is 9.09. The third kappa shape index (κ3) is 9.31. The van der Waals surface area contributed by atoms with Crippen molar-refractivity contribution in [3.8, 4) is 0 Å². The highest BCUT2D eigenvalue weighted by Crippen LogP contribution is 2.28. The molecule has 2 saturated carbocycles. The molecule has 2 aliphatic carbocycles. The number of nitrogens with two attached hydrogens (primary N) is 2. The van der Waals surface area contributed by atoms with Crippen LogP contribution in [-0.4, -0.2) is 97.6 Å². The Bertz CT molecular complexity index is 2640. The van der Waals surface area contributed by atoms with E-state index in [1.54, 1.807) is 48.5 Å². The van der Waals surface area contributed by atoms with Gasteiger partial charge in [0.25, 0.3) is 29.2 Å². The second-order valence-corrected chi connectivity index (χ2v) is 13.1. The van der Waals surface area contributed by atoms with E-state index in [2.05, 4.69) is 45.2 Å². The maximum atomic E-state index is 12.2. The quantitative estimate of drug-likeness (QED) is 0.101. The van der Waals surface area contributed by atoms with Gasteiger partial charge in [-0.25, -0.2) is 19.9 Å². The Morgan fingerprint density at radius 1 is 0.610 bits per heavy atom. The van der Waals surface area contributed by atoms with Crippen LogP contribution in [0.2, 0.25) is 0 Å². The van der Waals surface area contributed by atoms with Gasteiger partial charge in [-0.2, -0.15) is 4.98 Å². The number of rotatable bonds is 1. The van der Waals surface area contributed by atoms with Crippen LogP contribution in [0.4, 0.5) is 11.8 Å². The fourth-order valence-corrected chi connectivity index (χ4v) is 6.26. The summed E-state index contributed by atoms with van der Waals surface area (Å²) < 4.78 is 0. The Morgan fingerprint density at radius 3 is 1.69 bits per heavy atom. The molecular formula is C38H34N12O9. The zero-order valence-corrected chi connectivity index (χ0v) is 30.9. The van der Waals surface area contributed by atoms with E-state index in [4.69, 9.17) is 11.5 Å². The highest BCUT2D eigenvalue weighted by Gasteiger charge is 2.44. The number of benzene rings is 2. The summed E-state index contributed by atoms with van der Waals surface area (Å²) in [5.74, 6) is -1.21. The summed E-state index contributed by atoms with van der Waals surface area (Å²) in [6.07, 6.45) is 6.82. The van der Waals surface area contributed by atoms with Gasteiger partial charge in [-0.15, -0.1) is 0 Å². The Morgan fingerprint density at radius 2 is 1.15 bits per heavy atom. The fraction of sp³-hybridized carbons (Fsp3) is 0.211. The minimum absolute atomic E-state index is 0.0783. The minimum atomic E-state index is -0.787. The van der Waals surface area contributed by atoms with E-state index in [0.717, 1.165) is 11.3 Å². The van der Waals surface area contributed by atoms with E-state index < -0.39 is 17.9 Å². The molecule has 2 aromatic carbocycles. The molecular weight excluding hydrogens is 768 g/mol. The standard InChI is InChI=1S/C14H11NO4.C8H5NO2.C6H8O2.C5H5N5O.C5H5N5/c16-8-5-6-11(12(17)7-8)15-13(18)9-3-1-2-4-10(9)14(15)19;10-7-5-3-1-2-4-6(5)8(11)9-7;7-5-2-1-3-6(8)4-5;6-5-9-3-2(4(11)10-5)7-1-8-3;6-4-3-5(9-1-7-3)10-2-8-4/h1-4,11H,5-7H2;1-4H,(H,9,10,11);1-4H2;1H,(H4,6,7,8,9,10,11);1-2H,(H3,6,7,8,9,10). The van der Waals surface area contributed by atoms with Gasteiger partial charge < -0.3 is 21.4 Å². The lowest BCUT2D eigenvalue weighted by Gasteiger charge is -2.27. The molecule has 0 bridgehead atoms. The van der Waals surface area contributed by atoms with Gasteiger partial charge in [0.15, 0.2) is 28.4 Å². The molecule has 0 spiro atoms. The molecule has 21 heteroatoms. The van der Waals surface area contributed by atoms with Gasteiger partial charge >= 0.3 is 0 Å². The SMILES string of the molecule is Nc1nc2nc[nH]c2c(=O)[nH]1.Nc1ncnc2nc[nH]c12.O=C1CCC(N2C(=O)c3ccccc3C2=O)C(=O)C1.O=C1CCCC(=O)C1.O=C1NC(=O)c2ccccc21. The van der Waals surface area contributed by atoms with Crippen LogP contribution < -0.4 is 22.3 Å². The molecule has 0 saturated heterocycles. The maximum absolute atomic E-state index is 12.2. The van der Waals surface area contributed by atoms with Crippen molar-refractivity contribution in [2.75, 3.05) is 11.5 Å². The number of hydrogen-bond donors (Lipinski definition) is 6. The lowest BCUT2D eigenvalue weighted by molar-refractivity contribution is -0.133. The number of nitrogens with one attached hydrogen (secondary N) is 4. The van der Waals surface area contributed by atoms with Crippen LogP contribution in [0.1, 0.15) is 86.4 Å². The number of amides is 4. The first-order valence-corrected chi connectivity index (χ1v) is 17.9. The Labute approximate surface area is 331 Å². The molecule has 4 aliphatic rings. The molecule has 300 valence electrons. The lowest BCUT2D eigenvalue weighted by atomic mass is 9.92. The summed E-state index contributed by atoms with van der Waals surface area (Å²) in [5, 5.41) is 2.20. The molecule has 8 N–H and O–H groups in total. The first kappa shape index (κ1) is 40.6. The molecule has 2 aliphatic heterocycles. The van der Waals surface area contributed by atoms with Gasteiger partial charge in [0.05, 0.1) is 53.8 Å². The highest BCUT2D eigenvalue weighted by atomic mass is 16.2.